The van der Waals surface area contributed by atoms with Crippen molar-refractivity contribution in [2.45, 2.75) is 0 Å². The molecule has 3 rings (SSSR count). The molecule has 0 aliphatic carbocycles. The Hall–Kier alpha value is -2.11. The highest BCUT2D eigenvalue weighted by atomic mass is 35.5. The summed E-state index contributed by atoms with van der Waals surface area (Å²) in [6, 6.07) is 6.80. The summed E-state index contributed by atoms with van der Waals surface area (Å²) in [5, 5.41) is 9.25. The van der Waals surface area contributed by atoms with E-state index in [1.54, 1.807) is 10.6 Å². The third-order valence-electron chi connectivity index (χ3n) is 3.02. The van der Waals surface area contributed by atoms with Gasteiger partial charge < -0.3 is 5.11 Å². The van der Waals surface area contributed by atoms with Gasteiger partial charge in [-0.15, -0.1) is 0 Å². The molecule has 1 heterocycles. The van der Waals surface area contributed by atoms with E-state index in [4.69, 9.17) is 28.3 Å². The van der Waals surface area contributed by atoms with Crippen LogP contribution in [-0.2, 0) is 0 Å². The lowest BCUT2D eigenvalue weighted by Gasteiger charge is -2.09. The number of carbonyl (C=O) groups is 1. The molecular weight excluding hydrogens is 318 g/mol. The van der Waals surface area contributed by atoms with Crippen LogP contribution in [0.3, 0.4) is 0 Å². The van der Waals surface area contributed by atoms with Crippen molar-refractivity contribution in [3.05, 3.63) is 58.1 Å². The normalized spacial score (nSPS) is 11.0. The Morgan fingerprint density at radius 1 is 1.19 bits per heavy atom. The van der Waals surface area contributed by atoms with E-state index in [-0.39, 0.29) is 15.6 Å². The van der Waals surface area contributed by atoms with E-state index in [2.05, 4.69) is 4.98 Å². The van der Waals surface area contributed by atoms with Crippen molar-refractivity contribution in [1.29, 1.82) is 0 Å². The average molecular weight is 325 g/mol. The number of imidazole rings is 1. The predicted molar refractivity (Wildman–Crippen MR) is 78.0 cm³/mol. The minimum absolute atomic E-state index is 0.129. The highest BCUT2D eigenvalue weighted by molar-refractivity contribution is 6.37. The zero-order chi connectivity index (χ0) is 15.1. The van der Waals surface area contributed by atoms with E-state index in [0.29, 0.717) is 16.7 Å². The molecule has 21 heavy (non-hydrogen) atoms. The molecule has 0 atom stereocenters. The van der Waals surface area contributed by atoms with Gasteiger partial charge >= 0.3 is 5.97 Å². The van der Waals surface area contributed by atoms with Crippen LogP contribution in [0.25, 0.3) is 16.7 Å². The minimum atomic E-state index is -1.04. The number of benzene rings is 2. The fourth-order valence-corrected chi connectivity index (χ4v) is 2.73. The fourth-order valence-electron chi connectivity index (χ4n) is 2.09. The Morgan fingerprint density at radius 2 is 1.86 bits per heavy atom. The highest BCUT2D eigenvalue weighted by Gasteiger charge is 2.14. The van der Waals surface area contributed by atoms with E-state index < -0.39 is 11.8 Å². The number of rotatable bonds is 2. The van der Waals surface area contributed by atoms with Gasteiger partial charge in [-0.25, -0.2) is 14.2 Å². The summed E-state index contributed by atoms with van der Waals surface area (Å²) < 4.78 is 14.8. The van der Waals surface area contributed by atoms with Crippen LogP contribution in [0.2, 0.25) is 10.0 Å². The zero-order valence-corrected chi connectivity index (χ0v) is 11.9. The third kappa shape index (κ3) is 2.34. The third-order valence-corrected chi connectivity index (χ3v) is 3.59. The van der Waals surface area contributed by atoms with Crippen LogP contribution in [0.5, 0.6) is 0 Å². The largest absolute Gasteiger partial charge is 0.478 e. The highest BCUT2D eigenvalue weighted by Crippen LogP contribution is 2.32. The van der Waals surface area contributed by atoms with Crippen LogP contribution in [-0.4, -0.2) is 20.6 Å². The molecule has 0 saturated heterocycles. The van der Waals surface area contributed by atoms with Crippen LogP contribution in [0, 0.1) is 5.82 Å². The summed E-state index contributed by atoms with van der Waals surface area (Å²) in [5.41, 5.74) is 1.62. The monoisotopic (exact) mass is 324 g/mol. The van der Waals surface area contributed by atoms with Crippen LogP contribution >= 0.6 is 23.2 Å². The molecule has 1 aromatic heterocycles. The van der Waals surface area contributed by atoms with E-state index in [0.717, 1.165) is 12.1 Å². The van der Waals surface area contributed by atoms with Crippen molar-refractivity contribution in [1.82, 2.24) is 9.55 Å². The molecule has 0 aliphatic rings. The SMILES string of the molecule is O=C(O)c1ccc2c(c1)ncn2-c1c(Cl)cc(F)cc1Cl. The second-order valence-electron chi connectivity index (χ2n) is 4.34. The summed E-state index contributed by atoms with van der Waals surface area (Å²) in [4.78, 5) is 15.1. The smallest absolute Gasteiger partial charge is 0.335 e. The molecule has 0 fully saturated rings. The number of hydrogen-bond acceptors (Lipinski definition) is 2. The molecule has 0 bridgehead atoms. The Kier molecular flexibility index (Phi) is 3.31. The molecule has 0 aliphatic heterocycles. The van der Waals surface area contributed by atoms with Crippen molar-refractivity contribution in [2.75, 3.05) is 0 Å². The Morgan fingerprint density at radius 3 is 2.48 bits per heavy atom. The molecule has 0 radical (unpaired) electrons. The van der Waals surface area contributed by atoms with Gasteiger partial charge in [-0.2, -0.15) is 0 Å². The molecule has 106 valence electrons. The topological polar surface area (TPSA) is 55.1 Å². The molecule has 2 aromatic carbocycles. The van der Waals surface area contributed by atoms with E-state index in [9.17, 15) is 9.18 Å². The minimum Gasteiger partial charge on any atom is -0.478 e. The number of hydrogen-bond donors (Lipinski definition) is 1. The van der Waals surface area contributed by atoms with Gasteiger partial charge in [0.1, 0.15) is 12.1 Å². The number of fused-ring (bicyclic) bond motifs is 1. The van der Waals surface area contributed by atoms with Gasteiger partial charge in [0.15, 0.2) is 0 Å². The maximum absolute atomic E-state index is 13.2. The van der Waals surface area contributed by atoms with Gasteiger partial charge in [0.25, 0.3) is 0 Å². The molecule has 4 nitrogen and oxygen atoms in total. The van der Waals surface area contributed by atoms with Gasteiger partial charge in [-0.1, -0.05) is 23.2 Å². The number of halogens is 3. The van der Waals surface area contributed by atoms with Gasteiger partial charge in [0.2, 0.25) is 0 Å². The quantitative estimate of drug-likeness (QED) is 0.769. The second-order valence-corrected chi connectivity index (χ2v) is 5.16. The number of aromatic carboxylic acids is 1. The zero-order valence-electron chi connectivity index (χ0n) is 10.3. The van der Waals surface area contributed by atoms with Crippen LogP contribution in [0.1, 0.15) is 10.4 Å². The number of carboxylic acid groups (broad SMARTS) is 1. The molecule has 0 saturated carbocycles. The number of carboxylic acids is 1. The Labute approximate surface area is 128 Å². The first-order valence-electron chi connectivity index (χ1n) is 5.82. The molecule has 1 N–H and O–H groups in total. The average Bonchev–Trinajstić information content (AvgIpc) is 2.80. The summed E-state index contributed by atoms with van der Waals surface area (Å²) in [5.74, 6) is -1.57. The molecule has 7 heteroatoms. The van der Waals surface area contributed by atoms with E-state index >= 15 is 0 Å². The molecule has 0 spiro atoms. The first-order valence-corrected chi connectivity index (χ1v) is 6.58. The Balaban J connectivity index is 2.25. The number of nitrogens with zero attached hydrogens (tertiary/aromatic N) is 2. The van der Waals surface area contributed by atoms with E-state index in [1.165, 1.54) is 18.5 Å². The lowest BCUT2D eigenvalue weighted by Crippen LogP contribution is -1.98. The van der Waals surface area contributed by atoms with Gasteiger partial charge in [0, 0.05) is 0 Å². The van der Waals surface area contributed by atoms with Crippen molar-refractivity contribution >= 4 is 40.2 Å². The lowest BCUT2D eigenvalue weighted by atomic mass is 10.2. The molecule has 3 aromatic rings. The van der Waals surface area contributed by atoms with Crippen molar-refractivity contribution in [3.63, 3.8) is 0 Å². The summed E-state index contributed by atoms with van der Waals surface area (Å²) in [6.45, 7) is 0. The van der Waals surface area contributed by atoms with E-state index in [1.807, 2.05) is 0 Å². The van der Waals surface area contributed by atoms with Crippen molar-refractivity contribution in [2.24, 2.45) is 0 Å². The predicted octanol–water partition coefficient (Wildman–Crippen LogP) is 4.17. The van der Waals surface area contributed by atoms with Gasteiger partial charge in [0.05, 0.1) is 32.3 Å². The number of aromatic nitrogens is 2. The molecule has 0 amide bonds. The Bertz CT molecular complexity index is 854. The summed E-state index contributed by atoms with van der Waals surface area (Å²) in [6.07, 6.45) is 1.46. The summed E-state index contributed by atoms with van der Waals surface area (Å²) in [7, 11) is 0. The lowest BCUT2D eigenvalue weighted by molar-refractivity contribution is 0.0697. The fraction of sp³-hybridized carbons (Fsp3) is 0. The maximum atomic E-state index is 13.2. The maximum Gasteiger partial charge on any atom is 0.335 e. The summed E-state index contributed by atoms with van der Waals surface area (Å²) >= 11 is 12.1. The van der Waals surface area contributed by atoms with Crippen molar-refractivity contribution < 1.29 is 14.3 Å². The first kappa shape index (κ1) is 13.9. The van der Waals surface area contributed by atoms with Crippen molar-refractivity contribution in [3.8, 4) is 5.69 Å². The molecular formula is C14H7Cl2FN2O2. The van der Waals surface area contributed by atoms with Crippen LogP contribution in [0.15, 0.2) is 36.7 Å². The van der Waals surface area contributed by atoms with Gasteiger partial charge in [-0.3, -0.25) is 4.57 Å². The molecule has 0 unspecified atom stereocenters. The first-order chi connectivity index (χ1) is 9.97. The standard InChI is InChI=1S/C14H7Cl2FN2O2/c15-9-4-8(17)5-10(16)13(9)19-6-18-11-3-7(14(20)21)1-2-12(11)19/h1-6H,(H,20,21). The van der Waals surface area contributed by atoms with Crippen LogP contribution < -0.4 is 0 Å². The van der Waals surface area contributed by atoms with Crippen LogP contribution in [0.4, 0.5) is 4.39 Å². The van der Waals surface area contributed by atoms with Gasteiger partial charge in [-0.05, 0) is 30.3 Å². The second kappa shape index (κ2) is 5.02.